The van der Waals surface area contributed by atoms with Crippen molar-refractivity contribution in [2.75, 3.05) is 0 Å². The van der Waals surface area contributed by atoms with Gasteiger partial charge in [0.1, 0.15) is 0 Å². The number of aromatic nitrogens is 3. The average molecular weight is 490 g/mol. The van der Waals surface area contributed by atoms with Crippen LogP contribution in [0.4, 0.5) is 0 Å². The molecule has 8 rings (SSSR count). The smallest absolute Gasteiger partial charge is 0.266 e. The standard InChI is InChI=1S/C33H19N3O2/c37-31-24-11-5-7-13-29(24)36-32(31)34-27-16-15-22(19-26(27)33(36)38)35-28-12-6-4-10-23(28)25-18-21(14-17-30(25)35)20-8-2-1-3-9-20/h1-19H. The topological polar surface area (TPSA) is 56.9 Å². The minimum absolute atomic E-state index is 0.168. The summed E-state index contributed by atoms with van der Waals surface area (Å²) in [7, 11) is 0. The van der Waals surface area contributed by atoms with Gasteiger partial charge in [-0.3, -0.25) is 14.2 Å². The van der Waals surface area contributed by atoms with Crippen molar-refractivity contribution in [1.29, 1.82) is 0 Å². The van der Waals surface area contributed by atoms with E-state index in [4.69, 9.17) is 0 Å². The van der Waals surface area contributed by atoms with Crippen molar-refractivity contribution >= 4 is 38.5 Å². The van der Waals surface area contributed by atoms with Gasteiger partial charge in [0, 0.05) is 16.5 Å². The third-order valence-electron chi connectivity index (χ3n) is 7.48. The van der Waals surface area contributed by atoms with Crippen LogP contribution < -0.4 is 5.56 Å². The number of rotatable bonds is 2. The van der Waals surface area contributed by atoms with Gasteiger partial charge in [0.2, 0.25) is 5.78 Å². The molecule has 1 aliphatic heterocycles. The summed E-state index contributed by atoms with van der Waals surface area (Å²) in [5.74, 6) is -0.0537. The summed E-state index contributed by atoms with van der Waals surface area (Å²) < 4.78 is 3.64. The molecule has 0 saturated heterocycles. The molecule has 0 bridgehead atoms. The Morgan fingerprint density at radius 1 is 0.553 bits per heavy atom. The predicted octanol–water partition coefficient (Wildman–Crippen LogP) is 6.69. The number of carbonyl (C=O) groups excluding carboxylic acids is 1. The van der Waals surface area contributed by atoms with Crippen LogP contribution in [0.1, 0.15) is 16.2 Å². The molecule has 0 spiro atoms. The van der Waals surface area contributed by atoms with Crippen LogP contribution in [0.25, 0.3) is 55.2 Å². The minimum Gasteiger partial charge on any atom is -0.309 e. The number of ketones is 1. The lowest BCUT2D eigenvalue weighted by Crippen LogP contribution is -2.21. The van der Waals surface area contributed by atoms with E-state index in [-0.39, 0.29) is 17.2 Å². The maximum Gasteiger partial charge on any atom is 0.266 e. The highest BCUT2D eigenvalue weighted by molar-refractivity contribution is 6.13. The Morgan fingerprint density at radius 3 is 2.21 bits per heavy atom. The van der Waals surface area contributed by atoms with Gasteiger partial charge >= 0.3 is 0 Å². The first-order chi connectivity index (χ1) is 18.7. The van der Waals surface area contributed by atoms with Gasteiger partial charge in [-0.25, -0.2) is 4.98 Å². The summed E-state index contributed by atoms with van der Waals surface area (Å²) in [6, 6.07) is 38.0. The van der Waals surface area contributed by atoms with Gasteiger partial charge in [0.05, 0.1) is 33.2 Å². The lowest BCUT2D eigenvalue weighted by molar-refractivity contribution is 0.103. The van der Waals surface area contributed by atoms with E-state index in [9.17, 15) is 9.59 Å². The summed E-state index contributed by atoms with van der Waals surface area (Å²) in [6.45, 7) is 0. The van der Waals surface area contributed by atoms with Crippen LogP contribution in [0.5, 0.6) is 0 Å². The SMILES string of the molecule is O=C1c2ccccc2-n2c1nc1ccc(-n3c4ccccc4c4cc(-c5ccccc5)ccc43)cc1c2=O. The highest BCUT2D eigenvalue weighted by atomic mass is 16.1. The Morgan fingerprint density at radius 2 is 1.32 bits per heavy atom. The molecule has 0 radical (unpaired) electrons. The zero-order chi connectivity index (χ0) is 25.4. The van der Waals surface area contributed by atoms with Crippen LogP contribution in [-0.4, -0.2) is 19.9 Å². The van der Waals surface area contributed by atoms with Gasteiger partial charge in [0.15, 0.2) is 5.82 Å². The molecule has 38 heavy (non-hydrogen) atoms. The van der Waals surface area contributed by atoms with Crippen LogP contribution in [0.2, 0.25) is 0 Å². The molecule has 5 aromatic carbocycles. The number of carbonyl (C=O) groups is 1. The molecule has 3 heterocycles. The highest BCUT2D eigenvalue weighted by Gasteiger charge is 2.30. The van der Waals surface area contributed by atoms with Gasteiger partial charge in [-0.1, -0.05) is 66.7 Å². The van der Waals surface area contributed by atoms with E-state index in [1.54, 1.807) is 18.2 Å². The quantitative estimate of drug-likeness (QED) is 0.272. The van der Waals surface area contributed by atoms with E-state index in [1.165, 1.54) is 10.1 Å². The van der Waals surface area contributed by atoms with Crippen molar-refractivity contribution in [3.63, 3.8) is 0 Å². The number of nitrogens with zero attached hydrogens (tertiary/aromatic N) is 3. The second kappa shape index (κ2) is 7.60. The summed E-state index contributed by atoms with van der Waals surface area (Å²) in [4.78, 5) is 31.3. The van der Waals surface area contributed by atoms with E-state index in [2.05, 4.69) is 58.1 Å². The van der Waals surface area contributed by atoms with E-state index in [0.29, 0.717) is 22.2 Å². The molecule has 0 aliphatic carbocycles. The van der Waals surface area contributed by atoms with Crippen LogP contribution in [-0.2, 0) is 0 Å². The van der Waals surface area contributed by atoms with Crippen LogP contribution in [0.3, 0.4) is 0 Å². The lowest BCUT2D eigenvalue weighted by atomic mass is 10.0. The van der Waals surface area contributed by atoms with Crippen LogP contribution in [0, 0.1) is 0 Å². The normalized spacial score (nSPS) is 12.4. The Kier molecular flexibility index (Phi) is 4.17. The van der Waals surface area contributed by atoms with E-state index in [1.807, 2.05) is 48.5 Å². The van der Waals surface area contributed by atoms with Crippen LogP contribution >= 0.6 is 0 Å². The molecule has 0 saturated carbocycles. The first-order valence-corrected chi connectivity index (χ1v) is 12.5. The van der Waals surface area contributed by atoms with Crippen molar-refractivity contribution in [2.24, 2.45) is 0 Å². The second-order valence-electron chi connectivity index (χ2n) is 9.57. The first-order valence-electron chi connectivity index (χ1n) is 12.5. The minimum atomic E-state index is -0.239. The fourth-order valence-electron chi connectivity index (χ4n) is 5.73. The van der Waals surface area contributed by atoms with E-state index < -0.39 is 0 Å². The fourth-order valence-corrected chi connectivity index (χ4v) is 5.73. The predicted molar refractivity (Wildman–Crippen MR) is 151 cm³/mol. The average Bonchev–Trinajstić information content (AvgIpc) is 3.45. The molecule has 5 heteroatoms. The molecule has 0 fully saturated rings. The number of para-hydroxylation sites is 2. The van der Waals surface area contributed by atoms with E-state index >= 15 is 0 Å². The maximum absolute atomic E-state index is 13.7. The highest BCUT2D eigenvalue weighted by Crippen LogP contribution is 2.35. The van der Waals surface area contributed by atoms with Gasteiger partial charge < -0.3 is 4.57 Å². The molecule has 2 aromatic heterocycles. The summed E-state index contributed by atoms with van der Waals surface area (Å²) in [5.41, 5.74) is 6.66. The molecule has 0 amide bonds. The number of hydrogen-bond donors (Lipinski definition) is 0. The molecule has 5 nitrogen and oxygen atoms in total. The fraction of sp³-hybridized carbons (Fsp3) is 0. The first kappa shape index (κ1) is 20.9. The molecule has 0 unspecified atom stereocenters. The van der Waals surface area contributed by atoms with Crippen LogP contribution in [0.15, 0.2) is 120 Å². The number of fused-ring (bicyclic) bond motifs is 7. The largest absolute Gasteiger partial charge is 0.309 e. The number of hydrogen-bond acceptors (Lipinski definition) is 3. The van der Waals surface area contributed by atoms with Gasteiger partial charge in [-0.2, -0.15) is 0 Å². The zero-order valence-corrected chi connectivity index (χ0v) is 20.1. The molecule has 0 N–H and O–H groups in total. The number of benzene rings is 5. The van der Waals surface area contributed by atoms with Crippen molar-refractivity contribution in [3.05, 3.63) is 137 Å². The molecule has 7 aromatic rings. The van der Waals surface area contributed by atoms with Gasteiger partial charge in [-0.05, 0) is 59.7 Å². The summed E-state index contributed by atoms with van der Waals surface area (Å²) in [6.07, 6.45) is 0. The Bertz CT molecular complexity index is 2170. The third kappa shape index (κ3) is 2.78. The maximum atomic E-state index is 13.7. The third-order valence-corrected chi connectivity index (χ3v) is 7.48. The van der Waals surface area contributed by atoms with E-state index in [0.717, 1.165) is 33.1 Å². The van der Waals surface area contributed by atoms with Gasteiger partial charge in [-0.15, -0.1) is 0 Å². The molecular formula is C33H19N3O2. The van der Waals surface area contributed by atoms with Crippen molar-refractivity contribution in [2.45, 2.75) is 0 Å². The second-order valence-corrected chi connectivity index (χ2v) is 9.57. The molecule has 1 aliphatic rings. The van der Waals surface area contributed by atoms with Crippen molar-refractivity contribution in [3.8, 4) is 22.5 Å². The summed E-state index contributed by atoms with van der Waals surface area (Å²) in [5, 5.41) is 2.76. The Hall–Kier alpha value is -5.29. The monoisotopic (exact) mass is 489 g/mol. The molecular weight excluding hydrogens is 470 g/mol. The molecule has 0 atom stereocenters. The Balaban J connectivity index is 1.39. The van der Waals surface area contributed by atoms with Crippen molar-refractivity contribution in [1.82, 2.24) is 14.1 Å². The van der Waals surface area contributed by atoms with Gasteiger partial charge in [0.25, 0.3) is 5.56 Å². The van der Waals surface area contributed by atoms with Crippen molar-refractivity contribution < 1.29 is 4.79 Å². The summed E-state index contributed by atoms with van der Waals surface area (Å²) >= 11 is 0. The zero-order valence-electron chi connectivity index (χ0n) is 20.1. The molecule has 178 valence electrons. The lowest BCUT2D eigenvalue weighted by Gasteiger charge is -2.11. The Labute approximate surface area is 216 Å².